The van der Waals surface area contributed by atoms with Gasteiger partial charge in [-0.1, -0.05) is 31.2 Å². The van der Waals surface area contributed by atoms with Crippen LogP contribution in [0.3, 0.4) is 0 Å². The van der Waals surface area contributed by atoms with E-state index in [1.807, 2.05) is 31.3 Å². The van der Waals surface area contributed by atoms with Gasteiger partial charge >= 0.3 is 0 Å². The summed E-state index contributed by atoms with van der Waals surface area (Å²) in [6, 6.07) is 14.6. The highest BCUT2D eigenvalue weighted by atomic mass is 19.1. The first-order chi connectivity index (χ1) is 9.74. The Labute approximate surface area is 119 Å². The normalized spacial score (nSPS) is 12.2. The molecule has 3 heteroatoms. The quantitative estimate of drug-likeness (QED) is 0.861. The Morgan fingerprint density at radius 2 is 1.85 bits per heavy atom. The van der Waals surface area contributed by atoms with Gasteiger partial charge in [0.2, 0.25) is 0 Å². The number of hydrogen-bond donors (Lipinski definition) is 1. The second-order valence-corrected chi connectivity index (χ2v) is 4.69. The Hall–Kier alpha value is -1.87. The zero-order valence-corrected chi connectivity index (χ0v) is 11.9. The molecule has 0 aliphatic heterocycles. The Kier molecular flexibility index (Phi) is 5.13. The van der Waals surface area contributed by atoms with Gasteiger partial charge in [-0.3, -0.25) is 0 Å². The summed E-state index contributed by atoms with van der Waals surface area (Å²) in [6.07, 6.45) is 0.984. The molecule has 2 rings (SSSR count). The van der Waals surface area contributed by atoms with Crippen LogP contribution < -0.4 is 10.1 Å². The van der Waals surface area contributed by atoms with Crippen LogP contribution in [0.5, 0.6) is 5.75 Å². The van der Waals surface area contributed by atoms with Gasteiger partial charge in [-0.15, -0.1) is 0 Å². The highest BCUT2D eigenvalue weighted by Crippen LogP contribution is 2.25. The molecular weight excluding hydrogens is 253 g/mol. The van der Waals surface area contributed by atoms with Gasteiger partial charge in [0.05, 0.1) is 12.6 Å². The summed E-state index contributed by atoms with van der Waals surface area (Å²) >= 11 is 0. The summed E-state index contributed by atoms with van der Waals surface area (Å²) in [5.74, 6) is 0.648. The van der Waals surface area contributed by atoms with Gasteiger partial charge in [0.15, 0.2) is 0 Å². The van der Waals surface area contributed by atoms with Crippen molar-refractivity contribution in [2.24, 2.45) is 0 Å². The molecule has 0 radical (unpaired) electrons. The Bertz CT molecular complexity index is 539. The minimum atomic E-state index is -0.219. The molecule has 0 saturated carbocycles. The van der Waals surface area contributed by atoms with Crippen molar-refractivity contribution in [3.8, 4) is 5.75 Å². The molecule has 0 spiro atoms. The van der Waals surface area contributed by atoms with E-state index in [2.05, 4.69) is 12.2 Å². The van der Waals surface area contributed by atoms with Crippen molar-refractivity contribution >= 4 is 0 Å². The van der Waals surface area contributed by atoms with Gasteiger partial charge in [-0.05, 0) is 48.9 Å². The molecular formula is C17H20FNO. The van der Waals surface area contributed by atoms with Gasteiger partial charge in [0.1, 0.15) is 11.6 Å². The van der Waals surface area contributed by atoms with Crippen molar-refractivity contribution in [2.75, 3.05) is 13.7 Å². The lowest BCUT2D eigenvalue weighted by Gasteiger charge is -2.18. The summed E-state index contributed by atoms with van der Waals surface area (Å²) < 4.78 is 18.7. The number of ether oxygens (including phenoxy) is 1. The van der Waals surface area contributed by atoms with E-state index in [4.69, 9.17) is 4.74 Å². The second-order valence-electron chi connectivity index (χ2n) is 4.69. The first-order valence-corrected chi connectivity index (χ1v) is 6.90. The van der Waals surface area contributed by atoms with Gasteiger partial charge in [-0.2, -0.15) is 0 Å². The van der Waals surface area contributed by atoms with Crippen LogP contribution in [0.1, 0.15) is 30.5 Å². The molecule has 1 unspecified atom stereocenters. The predicted molar refractivity (Wildman–Crippen MR) is 79.5 cm³/mol. The van der Waals surface area contributed by atoms with E-state index >= 15 is 0 Å². The highest BCUT2D eigenvalue weighted by Gasteiger charge is 2.12. The highest BCUT2D eigenvalue weighted by molar-refractivity contribution is 5.36. The molecule has 20 heavy (non-hydrogen) atoms. The van der Waals surface area contributed by atoms with E-state index < -0.39 is 0 Å². The first-order valence-electron chi connectivity index (χ1n) is 6.90. The Morgan fingerprint density at radius 3 is 2.50 bits per heavy atom. The largest absolute Gasteiger partial charge is 0.494 e. The summed E-state index contributed by atoms with van der Waals surface area (Å²) in [5.41, 5.74) is 2.13. The van der Waals surface area contributed by atoms with E-state index in [-0.39, 0.29) is 11.9 Å². The molecule has 2 aromatic rings. The molecule has 0 saturated heterocycles. The SMILES string of the molecule is CCCOc1cccc(C(NC)c2ccc(F)cc2)c1. The van der Waals surface area contributed by atoms with Crippen molar-refractivity contribution < 1.29 is 9.13 Å². The van der Waals surface area contributed by atoms with Crippen molar-refractivity contribution in [3.05, 3.63) is 65.5 Å². The van der Waals surface area contributed by atoms with Gasteiger partial charge in [0, 0.05) is 0 Å². The van der Waals surface area contributed by atoms with Gasteiger partial charge < -0.3 is 10.1 Å². The number of nitrogens with one attached hydrogen (secondary N) is 1. The van der Waals surface area contributed by atoms with E-state index in [0.717, 1.165) is 23.3 Å². The zero-order chi connectivity index (χ0) is 14.4. The molecule has 0 heterocycles. The van der Waals surface area contributed by atoms with E-state index in [0.29, 0.717) is 6.61 Å². The maximum Gasteiger partial charge on any atom is 0.123 e. The van der Waals surface area contributed by atoms with E-state index in [9.17, 15) is 4.39 Å². The van der Waals surface area contributed by atoms with E-state index in [1.54, 1.807) is 12.1 Å². The van der Waals surface area contributed by atoms with Crippen LogP contribution >= 0.6 is 0 Å². The molecule has 0 bridgehead atoms. The fourth-order valence-electron chi connectivity index (χ4n) is 2.18. The van der Waals surface area contributed by atoms with Crippen LogP contribution in [-0.4, -0.2) is 13.7 Å². The fraction of sp³-hybridized carbons (Fsp3) is 0.294. The maximum absolute atomic E-state index is 13.0. The van der Waals surface area contributed by atoms with Gasteiger partial charge in [-0.25, -0.2) is 4.39 Å². The van der Waals surface area contributed by atoms with Crippen molar-refractivity contribution in [2.45, 2.75) is 19.4 Å². The second kappa shape index (κ2) is 7.06. The molecule has 106 valence electrons. The van der Waals surface area contributed by atoms with Crippen LogP contribution in [0, 0.1) is 5.82 Å². The molecule has 2 aromatic carbocycles. The standard InChI is InChI=1S/C17H20FNO/c1-3-11-20-16-6-4-5-14(12-16)17(19-2)13-7-9-15(18)10-8-13/h4-10,12,17,19H,3,11H2,1-2H3. The van der Waals surface area contributed by atoms with Crippen LogP contribution in [0.25, 0.3) is 0 Å². The summed E-state index contributed by atoms with van der Waals surface area (Å²) in [7, 11) is 1.90. The molecule has 0 fully saturated rings. The summed E-state index contributed by atoms with van der Waals surface area (Å²) in [6.45, 7) is 2.79. The number of rotatable bonds is 6. The number of benzene rings is 2. The molecule has 2 nitrogen and oxygen atoms in total. The van der Waals surface area contributed by atoms with Crippen molar-refractivity contribution in [1.82, 2.24) is 5.32 Å². The van der Waals surface area contributed by atoms with Gasteiger partial charge in [0.25, 0.3) is 0 Å². The smallest absolute Gasteiger partial charge is 0.123 e. The minimum Gasteiger partial charge on any atom is -0.494 e. The first kappa shape index (κ1) is 14.5. The summed E-state index contributed by atoms with van der Waals surface area (Å²) in [5, 5.41) is 3.26. The van der Waals surface area contributed by atoms with E-state index in [1.165, 1.54) is 12.1 Å². The van der Waals surface area contributed by atoms with Crippen molar-refractivity contribution in [1.29, 1.82) is 0 Å². The van der Waals surface area contributed by atoms with Crippen LogP contribution in [0.15, 0.2) is 48.5 Å². The minimum absolute atomic E-state index is 0.0285. The maximum atomic E-state index is 13.0. The van der Waals surface area contributed by atoms with Crippen molar-refractivity contribution in [3.63, 3.8) is 0 Å². The zero-order valence-electron chi connectivity index (χ0n) is 11.9. The number of halogens is 1. The lowest BCUT2D eigenvalue weighted by Crippen LogP contribution is -2.17. The predicted octanol–water partition coefficient (Wildman–Crippen LogP) is 3.92. The fourth-order valence-corrected chi connectivity index (χ4v) is 2.18. The lowest BCUT2D eigenvalue weighted by molar-refractivity contribution is 0.317. The Morgan fingerprint density at radius 1 is 1.10 bits per heavy atom. The van der Waals surface area contributed by atoms with Crippen LogP contribution in [-0.2, 0) is 0 Å². The summed E-state index contributed by atoms with van der Waals surface area (Å²) in [4.78, 5) is 0. The molecule has 0 aromatic heterocycles. The van der Waals surface area contributed by atoms with Crippen LogP contribution in [0.2, 0.25) is 0 Å². The molecule has 0 aliphatic rings. The lowest BCUT2D eigenvalue weighted by atomic mass is 9.99. The topological polar surface area (TPSA) is 21.3 Å². The molecule has 1 atom stereocenters. The molecule has 0 aliphatic carbocycles. The Balaban J connectivity index is 2.24. The third kappa shape index (κ3) is 3.58. The monoisotopic (exact) mass is 273 g/mol. The third-order valence-electron chi connectivity index (χ3n) is 3.16. The average molecular weight is 273 g/mol. The third-order valence-corrected chi connectivity index (χ3v) is 3.16. The van der Waals surface area contributed by atoms with Crippen LogP contribution in [0.4, 0.5) is 4.39 Å². The number of hydrogen-bond acceptors (Lipinski definition) is 2. The average Bonchev–Trinajstić information content (AvgIpc) is 2.48. The molecule has 0 amide bonds. The molecule has 1 N–H and O–H groups in total.